The number of fused-ring (bicyclic) bond motifs is 1. The highest BCUT2D eigenvalue weighted by Crippen LogP contribution is 2.21. The van der Waals surface area contributed by atoms with Crippen molar-refractivity contribution in [3.8, 4) is 0 Å². The molecule has 0 saturated carbocycles. The van der Waals surface area contributed by atoms with Gasteiger partial charge in [-0.15, -0.1) is 10.2 Å². The van der Waals surface area contributed by atoms with Crippen LogP contribution >= 0.6 is 0 Å². The van der Waals surface area contributed by atoms with Gasteiger partial charge in [0.05, 0.1) is 11.1 Å². The summed E-state index contributed by atoms with van der Waals surface area (Å²) in [4.78, 5) is 12.6. The van der Waals surface area contributed by atoms with Crippen LogP contribution in [0.5, 0.6) is 0 Å². The third kappa shape index (κ3) is 3.08. The molecule has 0 atom stereocenters. The number of rotatable bonds is 4. The summed E-state index contributed by atoms with van der Waals surface area (Å²) in [5.41, 5.74) is 3.21. The van der Waals surface area contributed by atoms with Gasteiger partial charge in [0, 0.05) is 6.20 Å². The molecule has 0 spiro atoms. The first-order valence-electron chi connectivity index (χ1n) is 7.71. The van der Waals surface area contributed by atoms with E-state index in [1.807, 2.05) is 13.8 Å². The molecule has 5 nitrogen and oxygen atoms in total. The average Bonchev–Trinajstić information content (AvgIpc) is 3.02. The molecule has 118 valence electrons. The maximum atomic E-state index is 12.6. The largest absolute Gasteiger partial charge is 0.343 e. The van der Waals surface area contributed by atoms with Gasteiger partial charge in [0.25, 0.3) is 5.91 Å². The van der Waals surface area contributed by atoms with Crippen LogP contribution in [-0.4, -0.2) is 20.5 Å². The molecule has 2 aromatic heterocycles. The minimum absolute atomic E-state index is 0.120. The summed E-state index contributed by atoms with van der Waals surface area (Å²) in [6, 6.07) is 11.9. The summed E-state index contributed by atoms with van der Waals surface area (Å²) in [7, 11) is 0. The lowest BCUT2D eigenvalue weighted by Gasteiger charge is -2.27. The van der Waals surface area contributed by atoms with E-state index in [0.29, 0.717) is 5.56 Å². The molecule has 0 unspecified atom stereocenters. The van der Waals surface area contributed by atoms with E-state index in [4.69, 9.17) is 0 Å². The standard InChI is InChI=1S/C18H20N4O/c1-4-13-5-8-15(9-6-13)18(2,3)20-17(23)14-7-10-16-21-19-12-22(16)11-14/h5-12H,4H2,1-3H3,(H,20,23). The molecule has 1 amide bonds. The van der Waals surface area contributed by atoms with Gasteiger partial charge in [-0.05, 0) is 43.5 Å². The summed E-state index contributed by atoms with van der Waals surface area (Å²) >= 11 is 0. The van der Waals surface area contributed by atoms with E-state index in [-0.39, 0.29) is 5.91 Å². The maximum Gasteiger partial charge on any atom is 0.253 e. The van der Waals surface area contributed by atoms with Crippen LogP contribution < -0.4 is 5.32 Å². The molecule has 1 aromatic carbocycles. The highest BCUT2D eigenvalue weighted by Gasteiger charge is 2.23. The van der Waals surface area contributed by atoms with Crippen LogP contribution in [0.15, 0.2) is 48.9 Å². The van der Waals surface area contributed by atoms with Gasteiger partial charge in [-0.3, -0.25) is 9.20 Å². The molecule has 3 aromatic rings. The second-order valence-corrected chi connectivity index (χ2v) is 6.14. The molecule has 0 aliphatic carbocycles. The molecule has 0 fully saturated rings. The molecule has 2 heterocycles. The van der Waals surface area contributed by atoms with E-state index >= 15 is 0 Å². The Kier molecular flexibility index (Phi) is 3.86. The van der Waals surface area contributed by atoms with Crippen molar-refractivity contribution < 1.29 is 4.79 Å². The van der Waals surface area contributed by atoms with E-state index in [1.165, 1.54) is 5.56 Å². The van der Waals surface area contributed by atoms with Crippen LogP contribution in [0.25, 0.3) is 5.65 Å². The molecule has 0 bridgehead atoms. The average molecular weight is 308 g/mol. The van der Waals surface area contributed by atoms with Crippen LogP contribution in [0.2, 0.25) is 0 Å². The van der Waals surface area contributed by atoms with Gasteiger partial charge in [-0.1, -0.05) is 31.2 Å². The quantitative estimate of drug-likeness (QED) is 0.806. The number of nitrogens with zero attached hydrogens (tertiary/aromatic N) is 3. The zero-order valence-electron chi connectivity index (χ0n) is 13.6. The number of benzene rings is 1. The lowest BCUT2D eigenvalue weighted by Crippen LogP contribution is -2.41. The van der Waals surface area contributed by atoms with Gasteiger partial charge in [0.15, 0.2) is 5.65 Å². The first kappa shape index (κ1) is 15.2. The predicted molar refractivity (Wildman–Crippen MR) is 89.3 cm³/mol. The molecule has 5 heteroatoms. The minimum atomic E-state index is -0.453. The van der Waals surface area contributed by atoms with Crippen molar-refractivity contribution in [1.29, 1.82) is 0 Å². The van der Waals surface area contributed by atoms with Crippen molar-refractivity contribution >= 4 is 11.6 Å². The van der Waals surface area contributed by atoms with Gasteiger partial charge in [-0.25, -0.2) is 0 Å². The van der Waals surface area contributed by atoms with Crippen molar-refractivity contribution in [3.63, 3.8) is 0 Å². The van der Waals surface area contributed by atoms with Gasteiger partial charge >= 0.3 is 0 Å². The van der Waals surface area contributed by atoms with Crippen LogP contribution in [-0.2, 0) is 12.0 Å². The van der Waals surface area contributed by atoms with Crippen molar-refractivity contribution in [1.82, 2.24) is 19.9 Å². The number of hydrogen-bond acceptors (Lipinski definition) is 3. The third-order valence-electron chi connectivity index (χ3n) is 4.06. The Morgan fingerprint density at radius 2 is 1.91 bits per heavy atom. The minimum Gasteiger partial charge on any atom is -0.343 e. The normalized spacial score (nSPS) is 11.6. The summed E-state index contributed by atoms with van der Waals surface area (Å²) in [6.45, 7) is 6.13. The first-order chi connectivity index (χ1) is 11.0. The Labute approximate surface area is 135 Å². The van der Waals surface area contributed by atoms with Gasteiger partial charge < -0.3 is 5.32 Å². The summed E-state index contributed by atoms with van der Waals surface area (Å²) in [5.74, 6) is -0.120. The van der Waals surface area contributed by atoms with Gasteiger partial charge in [0.2, 0.25) is 0 Å². The molecule has 0 radical (unpaired) electrons. The Morgan fingerprint density at radius 1 is 1.17 bits per heavy atom. The highest BCUT2D eigenvalue weighted by atomic mass is 16.1. The van der Waals surface area contributed by atoms with E-state index in [2.05, 4.69) is 46.7 Å². The molecular formula is C18H20N4O. The van der Waals surface area contributed by atoms with Crippen LogP contribution in [0.1, 0.15) is 42.3 Å². The molecule has 0 saturated heterocycles. The molecule has 1 N–H and O–H groups in total. The zero-order chi connectivity index (χ0) is 16.4. The number of hydrogen-bond donors (Lipinski definition) is 1. The van der Waals surface area contributed by atoms with Gasteiger partial charge in [0.1, 0.15) is 6.33 Å². The lowest BCUT2D eigenvalue weighted by molar-refractivity contribution is 0.0911. The Balaban J connectivity index is 1.81. The smallest absolute Gasteiger partial charge is 0.253 e. The first-order valence-corrected chi connectivity index (χ1v) is 7.71. The van der Waals surface area contributed by atoms with Crippen LogP contribution in [0, 0.1) is 0 Å². The summed E-state index contributed by atoms with van der Waals surface area (Å²) < 4.78 is 1.73. The van der Waals surface area contributed by atoms with Crippen molar-refractivity contribution in [2.24, 2.45) is 0 Å². The highest BCUT2D eigenvalue weighted by molar-refractivity contribution is 5.94. The summed E-state index contributed by atoms with van der Waals surface area (Å²) in [6.07, 6.45) is 4.33. The molecule has 23 heavy (non-hydrogen) atoms. The number of aryl methyl sites for hydroxylation is 1. The molecule has 3 rings (SSSR count). The Bertz CT molecular complexity index is 834. The second-order valence-electron chi connectivity index (χ2n) is 6.14. The fourth-order valence-corrected chi connectivity index (χ4v) is 2.55. The molecular weight excluding hydrogens is 288 g/mol. The predicted octanol–water partition coefficient (Wildman–Crippen LogP) is 2.96. The van der Waals surface area contributed by atoms with Crippen LogP contribution in [0.4, 0.5) is 0 Å². The Morgan fingerprint density at radius 3 is 2.61 bits per heavy atom. The van der Waals surface area contributed by atoms with E-state index in [9.17, 15) is 4.79 Å². The van der Waals surface area contributed by atoms with Crippen LogP contribution in [0.3, 0.4) is 0 Å². The van der Waals surface area contributed by atoms with Crippen molar-refractivity contribution in [3.05, 3.63) is 65.6 Å². The van der Waals surface area contributed by atoms with Crippen molar-refractivity contribution in [2.75, 3.05) is 0 Å². The number of nitrogens with one attached hydrogen (secondary N) is 1. The number of carbonyl (C=O) groups is 1. The number of amides is 1. The van der Waals surface area contributed by atoms with E-state index in [0.717, 1.165) is 17.6 Å². The SMILES string of the molecule is CCc1ccc(C(C)(C)NC(=O)c2ccc3nncn3c2)cc1. The fraction of sp³-hybridized carbons (Fsp3) is 0.278. The number of aromatic nitrogens is 3. The zero-order valence-corrected chi connectivity index (χ0v) is 13.6. The number of carbonyl (C=O) groups excluding carboxylic acids is 1. The molecule has 0 aliphatic rings. The summed E-state index contributed by atoms with van der Waals surface area (Å²) in [5, 5.41) is 10.9. The topological polar surface area (TPSA) is 59.3 Å². The third-order valence-corrected chi connectivity index (χ3v) is 4.06. The van der Waals surface area contributed by atoms with Gasteiger partial charge in [-0.2, -0.15) is 0 Å². The monoisotopic (exact) mass is 308 g/mol. The van der Waals surface area contributed by atoms with E-state index < -0.39 is 5.54 Å². The van der Waals surface area contributed by atoms with Crippen molar-refractivity contribution in [2.45, 2.75) is 32.7 Å². The lowest BCUT2D eigenvalue weighted by atomic mass is 9.92. The fourth-order valence-electron chi connectivity index (χ4n) is 2.55. The Hall–Kier alpha value is -2.69. The maximum absolute atomic E-state index is 12.6. The molecule has 0 aliphatic heterocycles. The van der Waals surface area contributed by atoms with E-state index in [1.54, 1.807) is 29.1 Å². The number of pyridine rings is 1. The second kappa shape index (κ2) is 5.83.